The van der Waals surface area contributed by atoms with Crippen LogP contribution in [0.2, 0.25) is 0 Å². The van der Waals surface area contributed by atoms with E-state index >= 15 is 0 Å². The van der Waals surface area contributed by atoms with Crippen LogP contribution in [0.1, 0.15) is 16.1 Å². The second-order valence-corrected chi connectivity index (χ2v) is 3.61. The summed E-state index contributed by atoms with van der Waals surface area (Å²) in [5.41, 5.74) is -5.89. The molecule has 1 aromatic rings. The van der Waals surface area contributed by atoms with Crippen LogP contribution in [0.25, 0.3) is 0 Å². The lowest BCUT2D eigenvalue weighted by atomic mass is 10.1. The van der Waals surface area contributed by atoms with Gasteiger partial charge in [0.05, 0.1) is 11.1 Å². The number of nitro groups is 1. The van der Waals surface area contributed by atoms with E-state index < -0.39 is 45.4 Å². The van der Waals surface area contributed by atoms with Crippen molar-refractivity contribution in [1.82, 2.24) is 4.98 Å². The van der Waals surface area contributed by atoms with Crippen molar-refractivity contribution >= 4 is 22.5 Å². The van der Waals surface area contributed by atoms with Gasteiger partial charge in [-0.2, -0.15) is 13.2 Å². The molecule has 1 heterocycles. The molecule has 0 bridgehead atoms. The first-order chi connectivity index (χ1) is 9.34. The van der Waals surface area contributed by atoms with E-state index in [0.717, 1.165) is 0 Å². The maximum Gasteiger partial charge on any atom is 0.573 e. The molecule has 21 heavy (non-hydrogen) atoms. The quantitative estimate of drug-likeness (QED) is 0.365. The van der Waals surface area contributed by atoms with Gasteiger partial charge in [-0.15, -0.1) is 13.2 Å². The fraction of sp³-hybridized carbons (Fsp3) is 0.250. The smallest absolute Gasteiger partial charge is 0.403 e. The van der Waals surface area contributed by atoms with Crippen molar-refractivity contribution in [3.8, 4) is 5.75 Å². The number of halogens is 7. The van der Waals surface area contributed by atoms with Gasteiger partial charge in [0.15, 0.2) is 11.3 Å². The van der Waals surface area contributed by atoms with Crippen molar-refractivity contribution in [2.24, 2.45) is 0 Å². The highest BCUT2D eigenvalue weighted by Gasteiger charge is 2.45. The number of hydrogen-bond donors (Lipinski definition) is 0. The zero-order chi connectivity index (χ0) is 16.6. The summed E-state index contributed by atoms with van der Waals surface area (Å²) in [5.74, 6) is -1.61. The lowest BCUT2D eigenvalue weighted by molar-refractivity contribution is -0.388. The predicted octanol–water partition coefficient (Wildman–Crippen LogP) is 3.29. The second kappa shape index (κ2) is 5.35. The second-order valence-electron chi connectivity index (χ2n) is 3.27. The SMILES string of the molecule is O=C(Cl)c1c(OC(F)(F)F)cnc(C(F)(F)F)c1[N+](=O)[O-]. The largest absolute Gasteiger partial charge is 0.573 e. The molecule has 0 aliphatic heterocycles. The summed E-state index contributed by atoms with van der Waals surface area (Å²) in [5, 5.41) is 8.69. The Kier molecular flexibility index (Phi) is 4.32. The number of rotatable bonds is 3. The molecule has 0 radical (unpaired) electrons. The predicted molar refractivity (Wildman–Crippen MR) is 52.8 cm³/mol. The monoisotopic (exact) mass is 338 g/mol. The molecule has 0 aliphatic carbocycles. The van der Waals surface area contributed by atoms with Crippen LogP contribution >= 0.6 is 11.6 Å². The molecule has 0 saturated carbocycles. The number of carbonyl (C=O) groups excluding carboxylic acids is 1. The van der Waals surface area contributed by atoms with Gasteiger partial charge in [0, 0.05) is 0 Å². The zero-order valence-corrected chi connectivity index (χ0v) is 10.0. The molecule has 0 atom stereocenters. The van der Waals surface area contributed by atoms with Crippen molar-refractivity contribution in [3.63, 3.8) is 0 Å². The summed E-state index contributed by atoms with van der Waals surface area (Å²) < 4.78 is 77.0. The first-order valence-corrected chi connectivity index (χ1v) is 4.92. The average molecular weight is 339 g/mol. The Hall–Kier alpha value is -2.11. The van der Waals surface area contributed by atoms with Crippen LogP contribution in [0.5, 0.6) is 5.75 Å². The summed E-state index contributed by atoms with van der Waals surface area (Å²) >= 11 is 4.82. The number of alkyl halides is 6. The van der Waals surface area contributed by atoms with Gasteiger partial charge in [0.25, 0.3) is 5.24 Å². The molecule has 0 aliphatic rings. The van der Waals surface area contributed by atoms with E-state index in [1.54, 1.807) is 0 Å². The number of nitrogens with zero attached hydrogens (tertiary/aromatic N) is 2. The van der Waals surface area contributed by atoms with Crippen molar-refractivity contribution in [2.75, 3.05) is 0 Å². The fourth-order valence-corrected chi connectivity index (χ4v) is 1.44. The van der Waals surface area contributed by atoms with Crippen molar-refractivity contribution in [3.05, 3.63) is 27.6 Å². The fourth-order valence-electron chi connectivity index (χ4n) is 1.26. The van der Waals surface area contributed by atoms with Gasteiger partial charge in [-0.3, -0.25) is 14.9 Å². The minimum atomic E-state index is -5.42. The molecule has 0 fully saturated rings. The van der Waals surface area contributed by atoms with E-state index in [-0.39, 0.29) is 6.20 Å². The number of hydrogen-bond acceptors (Lipinski definition) is 5. The van der Waals surface area contributed by atoms with Gasteiger partial charge in [-0.05, 0) is 11.6 Å². The van der Waals surface area contributed by atoms with E-state index in [1.165, 1.54) is 0 Å². The van der Waals surface area contributed by atoms with Crippen LogP contribution in [0.4, 0.5) is 32.0 Å². The maximum absolute atomic E-state index is 12.5. The standard InChI is InChI=1S/C8HClF6N2O4/c9-6(18)3-2(21-8(13,14)15)1-16-5(7(10,11)12)4(3)17(19)20/h1H. The Morgan fingerprint density at radius 2 is 1.81 bits per heavy atom. The van der Waals surface area contributed by atoms with Gasteiger partial charge in [-0.25, -0.2) is 4.98 Å². The normalized spacial score (nSPS) is 12.1. The van der Waals surface area contributed by atoms with Gasteiger partial charge >= 0.3 is 18.2 Å². The third kappa shape index (κ3) is 3.93. The Bertz CT molecular complexity index is 600. The topological polar surface area (TPSA) is 82.3 Å². The summed E-state index contributed by atoms with van der Waals surface area (Å²) in [7, 11) is 0. The van der Waals surface area contributed by atoms with Crippen LogP contribution in [0.15, 0.2) is 6.20 Å². The number of aromatic nitrogens is 1. The summed E-state index contributed by atoms with van der Waals surface area (Å²) in [6, 6.07) is 0. The molecular formula is C8HClF6N2O4. The molecule has 0 unspecified atom stereocenters. The first-order valence-electron chi connectivity index (χ1n) is 4.54. The van der Waals surface area contributed by atoms with E-state index in [2.05, 4.69) is 9.72 Å². The zero-order valence-electron chi connectivity index (χ0n) is 9.25. The molecule has 116 valence electrons. The Balaban J connectivity index is 3.70. The minimum Gasteiger partial charge on any atom is -0.403 e. The Labute approximate surface area is 115 Å². The van der Waals surface area contributed by atoms with Gasteiger partial charge < -0.3 is 4.74 Å². The molecular weight excluding hydrogens is 338 g/mol. The van der Waals surface area contributed by atoms with Gasteiger partial charge in [0.1, 0.15) is 0 Å². The highest BCUT2D eigenvalue weighted by atomic mass is 35.5. The minimum absolute atomic E-state index is 0.126. The van der Waals surface area contributed by atoms with Crippen LogP contribution in [0.3, 0.4) is 0 Å². The summed E-state index contributed by atoms with van der Waals surface area (Å²) in [4.78, 5) is 22.4. The van der Waals surface area contributed by atoms with E-state index in [0.29, 0.717) is 0 Å². The molecule has 0 spiro atoms. The van der Waals surface area contributed by atoms with Crippen LogP contribution in [-0.2, 0) is 6.18 Å². The number of pyridine rings is 1. The third-order valence-electron chi connectivity index (χ3n) is 1.89. The Morgan fingerprint density at radius 3 is 2.14 bits per heavy atom. The van der Waals surface area contributed by atoms with E-state index in [4.69, 9.17) is 11.6 Å². The molecule has 6 nitrogen and oxygen atoms in total. The summed E-state index contributed by atoms with van der Waals surface area (Å²) in [6.07, 6.45) is -10.9. The maximum atomic E-state index is 12.5. The van der Waals surface area contributed by atoms with Gasteiger partial charge in [0.2, 0.25) is 5.69 Å². The van der Waals surface area contributed by atoms with Crippen LogP contribution in [0, 0.1) is 10.1 Å². The van der Waals surface area contributed by atoms with Crippen LogP contribution in [-0.4, -0.2) is 21.5 Å². The van der Waals surface area contributed by atoms with Crippen molar-refractivity contribution in [2.45, 2.75) is 12.5 Å². The summed E-state index contributed by atoms with van der Waals surface area (Å²) in [6.45, 7) is 0. The van der Waals surface area contributed by atoms with Crippen LogP contribution < -0.4 is 4.74 Å². The number of carbonyl (C=O) groups is 1. The average Bonchev–Trinajstić information content (AvgIpc) is 2.23. The molecule has 0 amide bonds. The van der Waals surface area contributed by atoms with E-state index in [1.807, 2.05) is 0 Å². The highest BCUT2D eigenvalue weighted by Crippen LogP contribution is 2.41. The molecule has 13 heteroatoms. The molecule has 0 aromatic carbocycles. The molecule has 1 aromatic heterocycles. The lowest BCUT2D eigenvalue weighted by Crippen LogP contribution is -2.21. The van der Waals surface area contributed by atoms with Crippen molar-refractivity contribution < 1.29 is 40.8 Å². The van der Waals surface area contributed by atoms with Crippen molar-refractivity contribution in [1.29, 1.82) is 0 Å². The molecule has 0 saturated heterocycles. The highest BCUT2D eigenvalue weighted by molar-refractivity contribution is 6.68. The van der Waals surface area contributed by atoms with E-state index in [9.17, 15) is 41.3 Å². The Morgan fingerprint density at radius 1 is 1.29 bits per heavy atom. The molecule has 1 rings (SSSR count). The number of ether oxygens (including phenoxy) is 1. The third-order valence-corrected chi connectivity index (χ3v) is 2.08. The molecule has 0 N–H and O–H groups in total. The van der Waals surface area contributed by atoms with Gasteiger partial charge in [-0.1, -0.05) is 0 Å². The lowest BCUT2D eigenvalue weighted by Gasteiger charge is -2.13. The first kappa shape index (κ1) is 16.9.